The summed E-state index contributed by atoms with van der Waals surface area (Å²) in [6.07, 6.45) is 3.23. The maximum absolute atomic E-state index is 6.00. The lowest BCUT2D eigenvalue weighted by Gasteiger charge is -2.14. The summed E-state index contributed by atoms with van der Waals surface area (Å²) in [7, 11) is 0. The molecule has 0 saturated carbocycles. The molecule has 5 nitrogen and oxygen atoms in total. The van der Waals surface area contributed by atoms with Gasteiger partial charge in [0.1, 0.15) is 25.0 Å². The molecule has 0 amide bonds. The number of benzene rings is 2. The first kappa shape index (κ1) is 15.6. The SMILES string of the molecule is Cc1cccc(COc2ccc(Br)cc2CNn2cnnc2)c1. The fourth-order valence-electron chi connectivity index (χ4n) is 2.25. The van der Waals surface area contributed by atoms with E-state index in [1.165, 1.54) is 5.56 Å². The second-order valence-electron chi connectivity index (χ2n) is 5.23. The number of rotatable bonds is 6. The highest BCUT2D eigenvalue weighted by atomic mass is 79.9. The highest BCUT2D eigenvalue weighted by molar-refractivity contribution is 9.10. The quantitative estimate of drug-likeness (QED) is 0.716. The van der Waals surface area contributed by atoms with E-state index in [9.17, 15) is 0 Å². The number of hydrogen-bond donors (Lipinski definition) is 1. The van der Waals surface area contributed by atoms with E-state index < -0.39 is 0 Å². The average Bonchev–Trinajstić information content (AvgIpc) is 3.05. The number of aromatic nitrogens is 3. The molecule has 0 aliphatic rings. The van der Waals surface area contributed by atoms with Gasteiger partial charge in [-0.15, -0.1) is 10.2 Å². The van der Waals surface area contributed by atoms with Crippen molar-refractivity contribution in [3.05, 3.63) is 76.3 Å². The maximum Gasteiger partial charge on any atom is 0.138 e. The van der Waals surface area contributed by atoms with Gasteiger partial charge in [-0.1, -0.05) is 45.8 Å². The Morgan fingerprint density at radius 2 is 1.96 bits per heavy atom. The van der Waals surface area contributed by atoms with Gasteiger partial charge in [0.05, 0.1) is 6.54 Å². The Kier molecular flexibility index (Phi) is 4.92. The van der Waals surface area contributed by atoms with Crippen molar-refractivity contribution < 1.29 is 4.74 Å². The largest absolute Gasteiger partial charge is 0.489 e. The highest BCUT2D eigenvalue weighted by Crippen LogP contribution is 2.24. The lowest BCUT2D eigenvalue weighted by Crippen LogP contribution is -2.13. The van der Waals surface area contributed by atoms with E-state index >= 15 is 0 Å². The molecule has 0 unspecified atom stereocenters. The zero-order valence-electron chi connectivity index (χ0n) is 12.7. The number of hydrogen-bond acceptors (Lipinski definition) is 4. The van der Waals surface area contributed by atoms with Crippen LogP contribution in [0.25, 0.3) is 0 Å². The summed E-state index contributed by atoms with van der Waals surface area (Å²) in [4.78, 5) is 0. The maximum atomic E-state index is 6.00. The van der Waals surface area contributed by atoms with Crippen molar-refractivity contribution in [2.24, 2.45) is 0 Å². The van der Waals surface area contributed by atoms with Crippen molar-refractivity contribution in [2.45, 2.75) is 20.1 Å². The minimum absolute atomic E-state index is 0.545. The van der Waals surface area contributed by atoms with Gasteiger partial charge < -0.3 is 10.2 Å². The van der Waals surface area contributed by atoms with E-state index in [0.29, 0.717) is 13.2 Å². The Bertz CT molecular complexity index is 774. The van der Waals surface area contributed by atoms with E-state index in [0.717, 1.165) is 21.3 Å². The fourth-order valence-corrected chi connectivity index (χ4v) is 2.66. The number of halogens is 1. The van der Waals surface area contributed by atoms with E-state index in [1.807, 2.05) is 24.3 Å². The Morgan fingerprint density at radius 3 is 2.74 bits per heavy atom. The molecule has 0 spiro atoms. The Morgan fingerprint density at radius 1 is 1.13 bits per heavy atom. The molecule has 0 aliphatic carbocycles. The predicted molar refractivity (Wildman–Crippen MR) is 92.7 cm³/mol. The van der Waals surface area contributed by atoms with Crippen molar-refractivity contribution in [2.75, 3.05) is 5.43 Å². The number of nitrogens with zero attached hydrogens (tertiary/aromatic N) is 3. The monoisotopic (exact) mass is 372 g/mol. The Labute approximate surface area is 143 Å². The van der Waals surface area contributed by atoms with Gasteiger partial charge in [-0.05, 0) is 30.7 Å². The van der Waals surface area contributed by atoms with Crippen LogP contribution in [-0.2, 0) is 13.2 Å². The molecule has 1 N–H and O–H groups in total. The minimum atomic E-state index is 0.545. The Balaban J connectivity index is 1.70. The first-order valence-corrected chi connectivity index (χ1v) is 8.05. The third-order valence-corrected chi connectivity index (χ3v) is 3.86. The van der Waals surface area contributed by atoms with Gasteiger partial charge in [-0.25, -0.2) is 4.68 Å². The highest BCUT2D eigenvalue weighted by Gasteiger charge is 2.06. The summed E-state index contributed by atoms with van der Waals surface area (Å²) in [6.45, 7) is 3.24. The third kappa shape index (κ3) is 4.32. The molecule has 3 rings (SSSR count). The summed E-state index contributed by atoms with van der Waals surface area (Å²) >= 11 is 3.51. The number of aryl methyl sites for hydroxylation is 1. The molecular formula is C17H17BrN4O. The molecule has 0 aliphatic heterocycles. The van der Waals surface area contributed by atoms with Gasteiger partial charge in [0.25, 0.3) is 0 Å². The van der Waals surface area contributed by atoms with Crippen molar-refractivity contribution in [1.29, 1.82) is 0 Å². The van der Waals surface area contributed by atoms with Crippen molar-refractivity contribution >= 4 is 15.9 Å². The molecule has 0 bridgehead atoms. The topological polar surface area (TPSA) is 52.0 Å². The average molecular weight is 373 g/mol. The molecule has 118 valence electrons. The summed E-state index contributed by atoms with van der Waals surface area (Å²) in [6, 6.07) is 14.3. The van der Waals surface area contributed by atoms with E-state index in [-0.39, 0.29) is 0 Å². The molecule has 23 heavy (non-hydrogen) atoms. The molecule has 1 heterocycles. The summed E-state index contributed by atoms with van der Waals surface area (Å²) in [5.74, 6) is 0.857. The van der Waals surface area contributed by atoms with Crippen LogP contribution in [-0.4, -0.2) is 14.9 Å². The van der Waals surface area contributed by atoms with Crippen molar-refractivity contribution in [3.8, 4) is 5.75 Å². The second kappa shape index (κ2) is 7.28. The molecule has 0 fully saturated rings. The van der Waals surface area contributed by atoms with Crippen LogP contribution in [0.3, 0.4) is 0 Å². The van der Waals surface area contributed by atoms with Gasteiger partial charge in [-0.2, -0.15) is 0 Å². The van der Waals surface area contributed by atoms with Gasteiger partial charge in [0, 0.05) is 10.0 Å². The predicted octanol–water partition coefficient (Wildman–Crippen LogP) is 3.67. The summed E-state index contributed by atoms with van der Waals surface area (Å²) < 4.78 is 8.73. The van der Waals surface area contributed by atoms with Gasteiger partial charge in [-0.3, -0.25) is 0 Å². The molecule has 3 aromatic rings. The van der Waals surface area contributed by atoms with Gasteiger partial charge in [0.2, 0.25) is 0 Å². The van der Waals surface area contributed by atoms with Gasteiger partial charge in [0.15, 0.2) is 0 Å². The zero-order valence-corrected chi connectivity index (χ0v) is 14.3. The van der Waals surface area contributed by atoms with Crippen molar-refractivity contribution in [1.82, 2.24) is 14.9 Å². The lowest BCUT2D eigenvalue weighted by atomic mass is 10.1. The molecular weight excluding hydrogens is 356 g/mol. The first-order valence-electron chi connectivity index (χ1n) is 7.26. The van der Waals surface area contributed by atoms with Crippen LogP contribution in [0.15, 0.2) is 59.6 Å². The van der Waals surface area contributed by atoms with Crippen LogP contribution in [0.4, 0.5) is 0 Å². The normalized spacial score (nSPS) is 10.5. The number of ether oxygens (including phenoxy) is 1. The third-order valence-electron chi connectivity index (χ3n) is 3.37. The first-order chi connectivity index (χ1) is 11.2. The van der Waals surface area contributed by atoms with Crippen LogP contribution in [0.2, 0.25) is 0 Å². The summed E-state index contributed by atoms with van der Waals surface area (Å²) in [5, 5.41) is 7.54. The standard InChI is InChI=1S/C17H17BrN4O/c1-13-3-2-4-14(7-13)10-23-17-6-5-16(18)8-15(17)9-21-22-11-19-20-12-22/h2-8,11-12,21H,9-10H2,1H3. The van der Waals surface area contributed by atoms with Crippen LogP contribution in [0.1, 0.15) is 16.7 Å². The van der Waals surface area contributed by atoms with Crippen molar-refractivity contribution in [3.63, 3.8) is 0 Å². The van der Waals surface area contributed by atoms with Crippen LogP contribution >= 0.6 is 15.9 Å². The lowest BCUT2D eigenvalue weighted by molar-refractivity contribution is 0.303. The molecule has 1 aromatic heterocycles. The molecule has 0 atom stereocenters. The van der Waals surface area contributed by atoms with E-state index in [2.05, 4.69) is 56.7 Å². The second-order valence-corrected chi connectivity index (χ2v) is 6.15. The minimum Gasteiger partial charge on any atom is -0.489 e. The molecule has 2 aromatic carbocycles. The van der Waals surface area contributed by atoms with Crippen LogP contribution in [0.5, 0.6) is 5.75 Å². The van der Waals surface area contributed by atoms with E-state index in [4.69, 9.17) is 4.74 Å². The Hall–Kier alpha value is -2.34. The van der Waals surface area contributed by atoms with Gasteiger partial charge >= 0.3 is 0 Å². The van der Waals surface area contributed by atoms with Crippen LogP contribution in [0, 0.1) is 6.92 Å². The molecule has 0 radical (unpaired) electrons. The van der Waals surface area contributed by atoms with Crippen LogP contribution < -0.4 is 10.2 Å². The summed E-state index contributed by atoms with van der Waals surface area (Å²) in [5.41, 5.74) is 6.65. The molecule has 6 heteroatoms. The zero-order chi connectivity index (χ0) is 16.1. The number of nitrogens with one attached hydrogen (secondary N) is 1. The smallest absolute Gasteiger partial charge is 0.138 e. The molecule has 0 saturated heterocycles. The van der Waals surface area contributed by atoms with E-state index in [1.54, 1.807) is 17.3 Å². The fraction of sp³-hybridized carbons (Fsp3) is 0.176.